The molecule has 1 rings (SSSR count). The topological polar surface area (TPSA) is 58.6 Å². The lowest BCUT2D eigenvalue weighted by molar-refractivity contribution is -0.253. The summed E-state index contributed by atoms with van der Waals surface area (Å²) in [4.78, 5) is 10.6. The van der Waals surface area contributed by atoms with Gasteiger partial charge in [-0.25, -0.2) is 0 Å². The highest BCUT2D eigenvalue weighted by atomic mass is 31.2. The number of rotatable bonds is 0. The minimum absolute atomic E-state index is 0.0103. The Balaban J connectivity index is 2.71. The maximum atomic E-state index is 12.0. The second-order valence-electron chi connectivity index (χ2n) is 2.56. The minimum atomic E-state index is -4.75. The predicted octanol–water partition coefficient (Wildman–Crippen LogP) is 1.21. The van der Waals surface area contributed by atoms with Gasteiger partial charge in [0.25, 0.3) is 7.82 Å². The van der Waals surface area contributed by atoms with Gasteiger partial charge in [-0.15, -0.1) is 0 Å². The molecule has 0 radical (unpaired) electrons. The summed E-state index contributed by atoms with van der Waals surface area (Å²) in [7, 11) is -4.75. The summed E-state index contributed by atoms with van der Waals surface area (Å²) in [6.07, 6.45) is -7.31. The molecule has 0 bridgehead atoms. The highest BCUT2D eigenvalue weighted by molar-refractivity contribution is 7.45. The number of hydrogen-bond acceptors (Lipinski definition) is 4. The van der Waals surface area contributed by atoms with Crippen LogP contribution in [0.3, 0.4) is 0 Å². The van der Waals surface area contributed by atoms with Gasteiger partial charge in [0.1, 0.15) is 0 Å². The molecule has 1 heterocycles. The molecule has 2 unspecified atom stereocenters. The molecule has 13 heavy (non-hydrogen) atoms. The summed E-state index contributed by atoms with van der Waals surface area (Å²) < 4.78 is 54.6. The average Bonchev–Trinajstić information content (AvgIpc) is 2.08. The zero-order valence-electron chi connectivity index (χ0n) is 6.41. The van der Waals surface area contributed by atoms with E-state index in [-0.39, 0.29) is 13.0 Å². The number of halogens is 3. The van der Waals surface area contributed by atoms with E-state index in [1.807, 2.05) is 0 Å². The lowest BCUT2D eigenvalue weighted by atomic mass is 10.2. The Morgan fingerprint density at radius 1 is 1.46 bits per heavy atom. The van der Waals surface area contributed by atoms with E-state index in [1.165, 1.54) is 0 Å². The van der Waals surface area contributed by atoms with E-state index in [4.69, 9.17) is 0 Å². The molecule has 0 amide bonds. The molecular weight excluding hydrogens is 212 g/mol. The molecule has 0 aliphatic carbocycles. The van der Waals surface area contributed by atoms with Crippen molar-refractivity contribution in [2.24, 2.45) is 0 Å². The second-order valence-corrected chi connectivity index (χ2v) is 3.92. The average molecular weight is 219 g/mol. The van der Waals surface area contributed by atoms with Crippen LogP contribution in [0.15, 0.2) is 0 Å². The van der Waals surface area contributed by atoms with Gasteiger partial charge in [-0.05, 0) is 12.8 Å². The Morgan fingerprint density at radius 2 is 2.08 bits per heavy atom. The zero-order valence-corrected chi connectivity index (χ0v) is 7.31. The first-order valence-electron chi connectivity index (χ1n) is 3.52. The van der Waals surface area contributed by atoms with Crippen molar-refractivity contribution in [3.8, 4) is 0 Å². The van der Waals surface area contributed by atoms with Gasteiger partial charge in [0.15, 0.2) is 6.10 Å². The molecule has 2 atom stereocenters. The van der Waals surface area contributed by atoms with Crippen LogP contribution in [0, 0.1) is 0 Å². The summed E-state index contributed by atoms with van der Waals surface area (Å²) in [6.45, 7) is -0.257. The smallest absolute Gasteiger partial charge is 0.415 e. The summed E-state index contributed by atoms with van der Waals surface area (Å²) in [6, 6.07) is 0. The van der Waals surface area contributed by atoms with Crippen LogP contribution in [0.25, 0.3) is 0 Å². The predicted molar refractivity (Wildman–Crippen MR) is 33.7 cm³/mol. The van der Waals surface area contributed by atoms with Crippen molar-refractivity contribution in [3.63, 3.8) is 0 Å². The highest BCUT2D eigenvalue weighted by Crippen LogP contribution is 2.46. The van der Waals surface area contributed by atoms with Gasteiger partial charge in [-0.2, -0.15) is 13.2 Å². The minimum Gasteiger partial charge on any atom is -0.756 e. The van der Waals surface area contributed by atoms with E-state index < -0.39 is 26.5 Å². The van der Waals surface area contributed by atoms with E-state index in [0.29, 0.717) is 0 Å². The number of hydrogen-bond donors (Lipinski definition) is 0. The highest BCUT2D eigenvalue weighted by Gasteiger charge is 2.43. The Morgan fingerprint density at radius 3 is 2.62 bits per heavy atom. The third-order valence-electron chi connectivity index (χ3n) is 1.48. The standard InChI is InChI=1S/C5H8F3O4P/c6-5(7,8)4-2-1-3-11-13(9,10)12-4/h4H,1-3H2,(H,9,10)/p-1. The molecule has 4 nitrogen and oxygen atoms in total. The van der Waals surface area contributed by atoms with Crippen molar-refractivity contribution in [3.05, 3.63) is 0 Å². The van der Waals surface area contributed by atoms with E-state index in [0.717, 1.165) is 0 Å². The Bertz CT molecular complexity index is 228. The van der Waals surface area contributed by atoms with Crippen LogP contribution in [0.5, 0.6) is 0 Å². The van der Waals surface area contributed by atoms with Crippen LogP contribution in [0.4, 0.5) is 13.2 Å². The maximum absolute atomic E-state index is 12.0. The Kier molecular flexibility index (Phi) is 3.01. The Hall–Kier alpha value is -0.100. The number of phosphoric ester groups is 1. The van der Waals surface area contributed by atoms with Gasteiger partial charge in [-0.1, -0.05) is 0 Å². The molecule has 1 fully saturated rings. The summed E-state index contributed by atoms with van der Waals surface area (Å²) in [5.74, 6) is 0. The summed E-state index contributed by atoms with van der Waals surface area (Å²) in [5, 5.41) is 0. The van der Waals surface area contributed by atoms with Crippen molar-refractivity contribution >= 4 is 7.82 Å². The first-order valence-corrected chi connectivity index (χ1v) is 4.98. The fourth-order valence-electron chi connectivity index (χ4n) is 0.907. The monoisotopic (exact) mass is 219 g/mol. The van der Waals surface area contributed by atoms with Gasteiger partial charge in [0, 0.05) is 0 Å². The molecule has 1 saturated heterocycles. The lowest BCUT2D eigenvalue weighted by Gasteiger charge is -2.25. The zero-order chi connectivity index (χ0) is 10.1. The van der Waals surface area contributed by atoms with E-state index in [9.17, 15) is 22.6 Å². The van der Waals surface area contributed by atoms with Gasteiger partial charge >= 0.3 is 6.18 Å². The van der Waals surface area contributed by atoms with Crippen LogP contribution >= 0.6 is 7.82 Å². The molecule has 0 aromatic heterocycles. The van der Waals surface area contributed by atoms with Crippen LogP contribution in [-0.4, -0.2) is 18.9 Å². The first-order chi connectivity index (χ1) is 5.81. The molecule has 0 aromatic rings. The lowest BCUT2D eigenvalue weighted by Crippen LogP contribution is -2.31. The van der Waals surface area contributed by atoms with Crippen LogP contribution in [0.1, 0.15) is 12.8 Å². The Labute approximate surface area is 72.3 Å². The molecule has 0 N–H and O–H groups in total. The third-order valence-corrected chi connectivity index (χ3v) is 2.49. The van der Waals surface area contributed by atoms with E-state index in [1.54, 1.807) is 0 Å². The van der Waals surface area contributed by atoms with Gasteiger partial charge in [0.2, 0.25) is 0 Å². The van der Waals surface area contributed by atoms with Crippen molar-refractivity contribution in [1.82, 2.24) is 0 Å². The molecular formula is C5H7F3O4P-. The van der Waals surface area contributed by atoms with Crippen LogP contribution < -0.4 is 4.89 Å². The van der Waals surface area contributed by atoms with E-state index >= 15 is 0 Å². The maximum Gasteiger partial charge on any atom is 0.415 e. The van der Waals surface area contributed by atoms with Crippen molar-refractivity contribution in [1.29, 1.82) is 0 Å². The second kappa shape index (κ2) is 3.57. The molecule has 0 spiro atoms. The number of alkyl halides is 3. The molecule has 1 aliphatic rings. The van der Waals surface area contributed by atoms with Crippen LogP contribution in [-0.2, 0) is 13.6 Å². The van der Waals surface area contributed by atoms with Crippen molar-refractivity contribution < 1.29 is 31.7 Å². The quantitative estimate of drug-likeness (QED) is 0.574. The largest absolute Gasteiger partial charge is 0.756 e. The summed E-state index contributed by atoms with van der Waals surface area (Å²) in [5.41, 5.74) is 0. The molecule has 8 heteroatoms. The normalized spacial score (nSPS) is 37.1. The van der Waals surface area contributed by atoms with Crippen LogP contribution in [0.2, 0.25) is 0 Å². The number of phosphoric acid groups is 1. The van der Waals surface area contributed by atoms with Gasteiger partial charge in [-0.3, -0.25) is 4.57 Å². The summed E-state index contributed by atoms with van der Waals surface area (Å²) >= 11 is 0. The molecule has 78 valence electrons. The fraction of sp³-hybridized carbons (Fsp3) is 1.00. The van der Waals surface area contributed by atoms with Gasteiger partial charge in [0.05, 0.1) is 6.61 Å². The molecule has 0 aromatic carbocycles. The first kappa shape index (κ1) is 11.0. The SMILES string of the molecule is O=P1([O-])OCCCC(C(F)(F)F)O1. The fourth-order valence-corrected chi connectivity index (χ4v) is 1.86. The molecule has 1 aliphatic heterocycles. The van der Waals surface area contributed by atoms with Gasteiger partial charge < -0.3 is 13.9 Å². The van der Waals surface area contributed by atoms with E-state index in [2.05, 4.69) is 9.05 Å². The van der Waals surface area contributed by atoms with Crippen molar-refractivity contribution in [2.45, 2.75) is 25.1 Å². The third kappa shape index (κ3) is 3.27. The molecule has 0 saturated carbocycles. The van der Waals surface area contributed by atoms with Crippen molar-refractivity contribution in [2.75, 3.05) is 6.61 Å².